The van der Waals surface area contributed by atoms with Crippen molar-refractivity contribution in [3.05, 3.63) is 12.2 Å². The van der Waals surface area contributed by atoms with Gasteiger partial charge < -0.3 is 28.8 Å². The van der Waals surface area contributed by atoms with Crippen molar-refractivity contribution < 1.29 is 32.9 Å². The van der Waals surface area contributed by atoms with Gasteiger partial charge in [0.15, 0.2) is 0 Å². The lowest BCUT2D eigenvalue weighted by Crippen LogP contribution is -2.45. The molecule has 1 amide bonds. The second-order valence-corrected chi connectivity index (χ2v) is 19.9. The predicted octanol–water partition coefficient (Wildman–Crippen LogP) is 13.7. The van der Waals surface area contributed by atoms with E-state index >= 15 is 0 Å². The van der Waals surface area contributed by atoms with Crippen LogP contribution in [0.3, 0.4) is 0 Å². The second kappa shape index (κ2) is 41.6. The first kappa shape index (κ1) is 57.2. The van der Waals surface area contributed by atoms with Gasteiger partial charge in [0.2, 0.25) is 5.91 Å². The number of amides is 1. The summed E-state index contributed by atoms with van der Waals surface area (Å²) < 4.78 is 23.1. The van der Waals surface area contributed by atoms with Gasteiger partial charge in [-0.05, 0) is 19.3 Å². The van der Waals surface area contributed by atoms with Gasteiger partial charge in [-0.3, -0.25) is 9.36 Å². The van der Waals surface area contributed by atoms with Crippen LogP contribution in [0.5, 0.6) is 0 Å². The molecule has 3 unspecified atom stereocenters. The molecule has 2 N–H and O–H groups in total. The highest BCUT2D eigenvalue weighted by molar-refractivity contribution is 7.45. The van der Waals surface area contributed by atoms with Crippen LogP contribution in [0, 0.1) is 0 Å². The lowest BCUT2D eigenvalue weighted by atomic mass is 10.0. The van der Waals surface area contributed by atoms with Crippen molar-refractivity contribution in [1.82, 2.24) is 5.32 Å². The molecule has 346 valence electrons. The van der Waals surface area contributed by atoms with Crippen LogP contribution in [0.15, 0.2) is 12.2 Å². The van der Waals surface area contributed by atoms with Gasteiger partial charge in [0.05, 0.1) is 39.9 Å². The third-order valence-corrected chi connectivity index (χ3v) is 12.5. The maximum atomic E-state index is 12.8. The lowest BCUT2D eigenvalue weighted by molar-refractivity contribution is -0.870. The maximum Gasteiger partial charge on any atom is 0.268 e. The quantitative estimate of drug-likeness (QED) is 0.0273. The van der Waals surface area contributed by atoms with Crippen molar-refractivity contribution in [3.8, 4) is 0 Å². The van der Waals surface area contributed by atoms with Gasteiger partial charge in [0.1, 0.15) is 13.2 Å². The monoisotopic (exact) mass is 843 g/mol. The average Bonchev–Trinajstić information content (AvgIpc) is 3.17. The minimum absolute atomic E-state index is 0.00145. The Labute approximate surface area is 361 Å². The molecule has 0 aromatic carbocycles. The minimum atomic E-state index is -4.57. The Morgan fingerprint density at radius 1 is 0.586 bits per heavy atom. The number of likely N-dealkylation sites (N-methyl/N-ethyl adjacent to an activating group) is 1. The smallest absolute Gasteiger partial charge is 0.268 e. The van der Waals surface area contributed by atoms with E-state index in [9.17, 15) is 19.4 Å². The number of phosphoric ester groups is 1. The summed E-state index contributed by atoms with van der Waals surface area (Å²) in [6.07, 6.45) is 48.9. The fourth-order valence-corrected chi connectivity index (χ4v) is 8.23. The summed E-state index contributed by atoms with van der Waals surface area (Å²) in [5, 5.41) is 13.7. The van der Waals surface area contributed by atoms with E-state index in [1.807, 2.05) is 27.2 Å². The molecule has 0 heterocycles. The first-order valence-corrected chi connectivity index (χ1v) is 26.5. The summed E-state index contributed by atoms with van der Waals surface area (Å²) in [7, 11) is 1.27. The highest BCUT2D eigenvalue weighted by Crippen LogP contribution is 2.38. The molecule has 8 nitrogen and oxygen atoms in total. The van der Waals surface area contributed by atoms with E-state index in [1.54, 1.807) is 6.08 Å². The molecule has 0 spiro atoms. The van der Waals surface area contributed by atoms with E-state index in [-0.39, 0.29) is 19.1 Å². The van der Waals surface area contributed by atoms with Gasteiger partial charge in [-0.2, -0.15) is 0 Å². The molecule has 0 saturated carbocycles. The summed E-state index contributed by atoms with van der Waals surface area (Å²) in [5.41, 5.74) is 0. The molecule has 0 saturated heterocycles. The van der Waals surface area contributed by atoms with Crippen molar-refractivity contribution in [3.63, 3.8) is 0 Å². The summed E-state index contributed by atoms with van der Waals surface area (Å²) in [6, 6.07) is -0.878. The highest BCUT2D eigenvalue weighted by atomic mass is 31.2. The van der Waals surface area contributed by atoms with Crippen molar-refractivity contribution >= 4 is 13.7 Å². The number of phosphoric acid groups is 1. The number of carbonyl (C=O) groups is 1. The molecular formula is C49H99N2O6P. The number of quaternary nitrogens is 1. The lowest BCUT2D eigenvalue weighted by Gasteiger charge is -2.29. The number of nitrogens with one attached hydrogen (secondary N) is 1. The van der Waals surface area contributed by atoms with Crippen LogP contribution >= 0.6 is 7.82 Å². The fourth-order valence-electron chi connectivity index (χ4n) is 7.51. The Kier molecular flexibility index (Phi) is 41.0. The Balaban J connectivity index is 3.90. The largest absolute Gasteiger partial charge is 0.756 e. The van der Waals surface area contributed by atoms with Crippen LogP contribution in [-0.2, 0) is 18.4 Å². The van der Waals surface area contributed by atoms with Gasteiger partial charge in [-0.1, -0.05) is 231 Å². The van der Waals surface area contributed by atoms with Crippen LogP contribution in [0.1, 0.15) is 245 Å². The van der Waals surface area contributed by atoms with Crippen molar-refractivity contribution in [1.29, 1.82) is 0 Å². The molecule has 0 aromatic rings. The zero-order valence-electron chi connectivity index (χ0n) is 39.3. The zero-order chi connectivity index (χ0) is 42.8. The molecule has 0 aliphatic carbocycles. The van der Waals surface area contributed by atoms with Gasteiger partial charge in [0, 0.05) is 6.42 Å². The molecule has 0 aliphatic rings. The summed E-state index contributed by atoms with van der Waals surface area (Å²) in [6.45, 7) is 4.61. The number of rotatable bonds is 46. The number of hydrogen-bond acceptors (Lipinski definition) is 6. The molecule has 9 heteroatoms. The normalized spacial score (nSPS) is 14.3. The van der Waals surface area contributed by atoms with Crippen LogP contribution in [0.25, 0.3) is 0 Å². The molecule has 3 atom stereocenters. The average molecular weight is 843 g/mol. The Bertz CT molecular complexity index is 958. The van der Waals surface area contributed by atoms with Crippen LogP contribution in [0.2, 0.25) is 0 Å². The topological polar surface area (TPSA) is 108 Å². The summed E-state index contributed by atoms with van der Waals surface area (Å²) in [5.74, 6) is -0.197. The van der Waals surface area contributed by atoms with Gasteiger partial charge >= 0.3 is 0 Å². The Morgan fingerprint density at radius 3 is 1.29 bits per heavy atom. The van der Waals surface area contributed by atoms with Crippen molar-refractivity contribution in [2.24, 2.45) is 0 Å². The summed E-state index contributed by atoms with van der Waals surface area (Å²) >= 11 is 0. The fraction of sp³-hybridized carbons (Fsp3) is 0.939. The van der Waals surface area contributed by atoms with E-state index in [2.05, 4.69) is 19.2 Å². The Morgan fingerprint density at radius 2 is 0.931 bits per heavy atom. The molecule has 0 bridgehead atoms. The number of hydrogen-bond donors (Lipinski definition) is 2. The second-order valence-electron chi connectivity index (χ2n) is 18.5. The molecule has 0 fully saturated rings. The van der Waals surface area contributed by atoms with Crippen LogP contribution < -0.4 is 10.2 Å². The summed E-state index contributed by atoms with van der Waals surface area (Å²) in [4.78, 5) is 25.2. The molecule has 0 radical (unpaired) electrons. The first-order chi connectivity index (χ1) is 28.0. The van der Waals surface area contributed by atoms with Gasteiger partial charge in [-0.25, -0.2) is 0 Å². The number of aliphatic hydroxyl groups excluding tert-OH is 1. The van der Waals surface area contributed by atoms with E-state index in [0.29, 0.717) is 17.4 Å². The first-order valence-electron chi connectivity index (χ1n) is 25.1. The molecule has 0 aliphatic heterocycles. The number of nitrogens with zero attached hydrogens (tertiary/aromatic N) is 1. The number of unbranched alkanes of at least 4 members (excludes halogenated alkanes) is 33. The molecule has 0 rings (SSSR count). The standard InChI is InChI=1S/C49H99N2O6P/c1-6-8-10-12-14-15-16-17-18-19-20-21-22-23-24-25-26-27-28-29-30-31-32-33-34-35-37-39-41-43-49(53)50-47(48(52)42-40-38-36-13-11-9-7-2)46-57-58(54,55)56-45-44-51(3,4)5/h40,42,47-48,52H,6-39,41,43-46H2,1-5H3,(H-,50,53,54,55)/b42-40+. The predicted molar refractivity (Wildman–Crippen MR) is 247 cm³/mol. The minimum Gasteiger partial charge on any atom is -0.756 e. The molecule has 0 aromatic heterocycles. The third-order valence-electron chi connectivity index (χ3n) is 11.5. The number of allylic oxidation sites excluding steroid dienone is 1. The molecule has 58 heavy (non-hydrogen) atoms. The number of aliphatic hydroxyl groups is 1. The third kappa shape index (κ3) is 43.3. The van der Waals surface area contributed by atoms with E-state index in [0.717, 1.165) is 38.5 Å². The highest BCUT2D eigenvalue weighted by Gasteiger charge is 2.23. The van der Waals surface area contributed by atoms with Crippen molar-refractivity contribution in [2.75, 3.05) is 40.9 Å². The maximum absolute atomic E-state index is 12.8. The molecular weight excluding hydrogens is 744 g/mol. The van der Waals surface area contributed by atoms with Gasteiger partial charge in [-0.15, -0.1) is 0 Å². The van der Waals surface area contributed by atoms with E-state index < -0.39 is 20.0 Å². The van der Waals surface area contributed by atoms with Crippen molar-refractivity contribution in [2.45, 2.75) is 257 Å². The van der Waals surface area contributed by atoms with E-state index in [1.165, 1.54) is 186 Å². The number of carbonyl (C=O) groups excluding carboxylic acids is 1. The van der Waals surface area contributed by atoms with Crippen LogP contribution in [0.4, 0.5) is 0 Å². The van der Waals surface area contributed by atoms with E-state index in [4.69, 9.17) is 9.05 Å². The SMILES string of the molecule is CCCCCCC/C=C/C(O)C(COP(=O)([O-])OCC[N+](C)(C)C)NC(=O)CCCCCCCCCCCCCCCCCCCCCCCCCCCCCCC. The Hall–Kier alpha value is -0.760. The van der Waals surface area contributed by atoms with Gasteiger partial charge in [0.25, 0.3) is 7.82 Å². The zero-order valence-corrected chi connectivity index (χ0v) is 40.2. The van der Waals surface area contributed by atoms with Crippen LogP contribution in [-0.4, -0.2) is 68.5 Å².